The number of alkyl halides is 3. The molecular formula is C13H16F3NO5. The smallest absolute Gasteiger partial charge is 0.406 e. The van der Waals surface area contributed by atoms with Gasteiger partial charge in [0.05, 0.1) is 6.10 Å². The van der Waals surface area contributed by atoms with Crippen LogP contribution in [0.5, 0.6) is 5.75 Å². The topological polar surface area (TPSA) is 91.2 Å². The maximum absolute atomic E-state index is 12.0. The summed E-state index contributed by atoms with van der Waals surface area (Å²) in [5.74, 6) is -0.382. The van der Waals surface area contributed by atoms with Gasteiger partial charge in [0.15, 0.2) is 6.23 Å². The summed E-state index contributed by atoms with van der Waals surface area (Å²) in [6, 6.07) is 4.80. The van der Waals surface area contributed by atoms with Crippen LogP contribution in [0.15, 0.2) is 24.3 Å². The Morgan fingerprint density at radius 2 is 1.64 bits per heavy atom. The van der Waals surface area contributed by atoms with E-state index < -0.39 is 37.0 Å². The van der Waals surface area contributed by atoms with Crippen molar-refractivity contribution < 1.29 is 38.0 Å². The van der Waals surface area contributed by atoms with Crippen LogP contribution in [0.25, 0.3) is 0 Å². The third-order valence-corrected chi connectivity index (χ3v) is 3.25. The number of aliphatic hydroxyl groups excluding tert-OH is 3. The number of nitrogens with one attached hydrogen (secondary N) is 1. The molecule has 1 aromatic carbocycles. The summed E-state index contributed by atoms with van der Waals surface area (Å²) in [6.45, 7) is 1.52. The normalized spacial score (nSPS) is 32.6. The summed E-state index contributed by atoms with van der Waals surface area (Å²) in [5, 5.41) is 31.8. The lowest BCUT2D eigenvalue weighted by atomic mass is 9.99. The van der Waals surface area contributed by atoms with Crippen molar-refractivity contribution in [2.24, 2.45) is 0 Å². The van der Waals surface area contributed by atoms with E-state index in [4.69, 9.17) is 4.74 Å². The summed E-state index contributed by atoms with van der Waals surface area (Å²) in [5.41, 5.74) is 0.356. The van der Waals surface area contributed by atoms with Crippen LogP contribution in [0.4, 0.5) is 18.9 Å². The van der Waals surface area contributed by atoms with Gasteiger partial charge in [-0.15, -0.1) is 13.2 Å². The summed E-state index contributed by atoms with van der Waals surface area (Å²) in [4.78, 5) is 0. The number of anilines is 1. The number of hydrogen-bond acceptors (Lipinski definition) is 6. The molecule has 1 fully saturated rings. The Bertz CT molecular complexity index is 495. The van der Waals surface area contributed by atoms with Crippen LogP contribution in [-0.4, -0.2) is 52.3 Å². The van der Waals surface area contributed by atoms with Crippen molar-refractivity contribution in [1.29, 1.82) is 0 Å². The van der Waals surface area contributed by atoms with Crippen LogP contribution in [0.3, 0.4) is 0 Å². The molecule has 2 rings (SSSR count). The molecule has 22 heavy (non-hydrogen) atoms. The molecule has 1 aliphatic rings. The molecule has 0 spiro atoms. The number of halogens is 3. The molecule has 6 nitrogen and oxygen atoms in total. The van der Waals surface area contributed by atoms with E-state index in [1.54, 1.807) is 0 Å². The second kappa shape index (κ2) is 6.29. The second-order valence-corrected chi connectivity index (χ2v) is 4.95. The molecule has 4 N–H and O–H groups in total. The Morgan fingerprint density at radius 1 is 1.05 bits per heavy atom. The van der Waals surface area contributed by atoms with Crippen LogP contribution in [-0.2, 0) is 4.74 Å². The van der Waals surface area contributed by atoms with Gasteiger partial charge in [-0.2, -0.15) is 0 Å². The summed E-state index contributed by atoms with van der Waals surface area (Å²) in [6.07, 6.45) is -10.5. The van der Waals surface area contributed by atoms with Crippen molar-refractivity contribution in [3.63, 3.8) is 0 Å². The van der Waals surface area contributed by atoms with Gasteiger partial charge in [0.1, 0.15) is 24.1 Å². The van der Waals surface area contributed by atoms with Gasteiger partial charge >= 0.3 is 6.36 Å². The summed E-state index contributed by atoms with van der Waals surface area (Å²) in [7, 11) is 0. The third kappa shape index (κ3) is 4.01. The zero-order valence-corrected chi connectivity index (χ0v) is 11.5. The predicted molar refractivity (Wildman–Crippen MR) is 69.1 cm³/mol. The molecule has 5 atom stereocenters. The molecule has 1 saturated heterocycles. The van der Waals surface area contributed by atoms with E-state index >= 15 is 0 Å². The van der Waals surface area contributed by atoms with E-state index in [1.807, 2.05) is 0 Å². The van der Waals surface area contributed by atoms with Crippen molar-refractivity contribution >= 4 is 5.69 Å². The van der Waals surface area contributed by atoms with Crippen molar-refractivity contribution in [3.8, 4) is 5.75 Å². The highest BCUT2D eigenvalue weighted by Gasteiger charge is 2.41. The van der Waals surface area contributed by atoms with Crippen molar-refractivity contribution in [2.45, 2.75) is 43.9 Å². The van der Waals surface area contributed by atoms with Gasteiger partial charge in [0.2, 0.25) is 0 Å². The maximum Gasteiger partial charge on any atom is 0.573 e. The van der Waals surface area contributed by atoms with Crippen LogP contribution in [0.1, 0.15) is 6.92 Å². The highest BCUT2D eigenvalue weighted by atomic mass is 19.4. The molecule has 0 aliphatic carbocycles. The molecule has 1 aliphatic heterocycles. The first-order valence-electron chi connectivity index (χ1n) is 6.49. The van der Waals surface area contributed by atoms with Gasteiger partial charge in [0.25, 0.3) is 0 Å². The molecular weight excluding hydrogens is 307 g/mol. The molecule has 1 aromatic rings. The lowest BCUT2D eigenvalue weighted by Gasteiger charge is -2.39. The molecule has 0 radical (unpaired) electrons. The number of hydrogen-bond donors (Lipinski definition) is 4. The molecule has 0 unspecified atom stereocenters. The van der Waals surface area contributed by atoms with Gasteiger partial charge in [-0.05, 0) is 31.2 Å². The van der Waals surface area contributed by atoms with E-state index in [1.165, 1.54) is 19.1 Å². The first-order valence-corrected chi connectivity index (χ1v) is 6.49. The van der Waals surface area contributed by atoms with Crippen molar-refractivity contribution in [3.05, 3.63) is 24.3 Å². The number of benzene rings is 1. The minimum absolute atomic E-state index is 0.356. The second-order valence-electron chi connectivity index (χ2n) is 4.95. The molecule has 0 saturated carbocycles. The Hall–Kier alpha value is -1.55. The summed E-state index contributed by atoms with van der Waals surface area (Å²) >= 11 is 0. The highest BCUT2D eigenvalue weighted by molar-refractivity contribution is 5.47. The Kier molecular flexibility index (Phi) is 4.81. The maximum atomic E-state index is 12.0. The molecule has 0 bridgehead atoms. The van der Waals surface area contributed by atoms with Gasteiger partial charge in [0, 0.05) is 5.69 Å². The molecule has 0 aromatic heterocycles. The Labute approximate surface area is 124 Å². The summed E-state index contributed by atoms with van der Waals surface area (Å²) < 4.78 is 45.2. The molecule has 1 heterocycles. The zero-order valence-electron chi connectivity index (χ0n) is 11.5. The van der Waals surface area contributed by atoms with Gasteiger partial charge in [-0.1, -0.05) is 0 Å². The average Bonchev–Trinajstić information content (AvgIpc) is 2.43. The highest BCUT2D eigenvalue weighted by Crippen LogP contribution is 2.26. The third-order valence-electron chi connectivity index (χ3n) is 3.25. The minimum atomic E-state index is -4.77. The molecule has 9 heteroatoms. The molecule has 0 amide bonds. The lowest BCUT2D eigenvalue weighted by molar-refractivity contribution is -0.274. The van der Waals surface area contributed by atoms with Crippen LogP contribution < -0.4 is 10.1 Å². The first kappa shape index (κ1) is 16.8. The first-order chi connectivity index (χ1) is 10.2. The Morgan fingerprint density at radius 3 is 2.18 bits per heavy atom. The van der Waals surface area contributed by atoms with Crippen LogP contribution in [0.2, 0.25) is 0 Å². The number of aliphatic hydroxyl groups is 3. The SMILES string of the molecule is C[C@@H]1O[C@@H](Nc2ccc(OC(F)(F)F)cc2)[C@@H](O)[C@@H](O)[C@H]1O. The van der Waals surface area contributed by atoms with Gasteiger partial charge in [-0.25, -0.2) is 0 Å². The van der Waals surface area contributed by atoms with E-state index in [9.17, 15) is 28.5 Å². The van der Waals surface area contributed by atoms with Crippen LogP contribution in [0, 0.1) is 0 Å². The van der Waals surface area contributed by atoms with E-state index in [0.717, 1.165) is 12.1 Å². The fourth-order valence-electron chi connectivity index (χ4n) is 2.09. The zero-order chi connectivity index (χ0) is 16.5. The minimum Gasteiger partial charge on any atom is -0.406 e. The molecule has 124 valence electrons. The number of rotatable bonds is 3. The van der Waals surface area contributed by atoms with E-state index in [0.29, 0.717) is 5.69 Å². The number of ether oxygens (including phenoxy) is 2. The quantitative estimate of drug-likeness (QED) is 0.658. The Balaban J connectivity index is 2.01. The standard InChI is InChI=1S/C13H16F3NO5/c1-6-9(18)10(19)11(20)12(21-6)17-7-2-4-8(5-3-7)22-13(14,15)16/h2-6,9-12,17-20H,1H3/t6-,9-,10-,11-,12+/m0/s1. The van der Waals surface area contributed by atoms with Crippen molar-refractivity contribution in [2.75, 3.05) is 5.32 Å². The monoisotopic (exact) mass is 323 g/mol. The van der Waals surface area contributed by atoms with Gasteiger partial charge < -0.3 is 30.1 Å². The van der Waals surface area contributed by atoms with Gasteiger partial charge in [-0.3, -0.25) is 0 Å². The largest absolute Gasteiger partial charge is 0.573 e. The fraction of sp³-hybridized carbons (Fsp3) is 0.538. The lowest BCUT2D eigenvalue weighted by Crippen LogP contribution is -2.58. The van der Waals surface area contributed by atoms with E-state index in [2.05, 4.69) is 10.1 Å². The average molecular weight is 323 g/mol. The predicted octanol–water partition coefficient (Wildman–Crippen LogP) is 0.825. The van der Waals surface area contributed by atoms with E-state index in [-0.39, 0.29) is 5.75 Å². The van der Waals surface area contributed by atoms with Crippen molar-refractivity contribution in [1.82, 2.24) is 0 Å². The van der Waals surface area contributed by atoms with Crippen LogP contribution >= 0.6 is 0 Å². The fourth-order valence-corrected chi connectivity index (χ4v) is 2.09.